The van der Waals surface area contributed by atoms with Crippen LogP contribution < -0.4 is 16.4 Å². The second kappa shape index (κ2) is 7.26. The van der Waals surface area contributed by atoms with Crippen LogP contribution in [0.15, 0.2) is 24.3 Å². The molecule has 0 unspecified atom stereocenters. The molecule has 1 aliphatic carbocycles. The lowest BCUT2D eigenvalue weighted by atomic mass is 9.81. The van der Waals surface area contributed by atoms with E-state index in [4.69, 9.17) is 5.73 Å². The molecule has 0 aromatic heterocycles. The summed E-state index contributed by atoms with van der Waals surface area (Å²) in [5, 5.41) is 5.36. The van der Waals surface area contributed by atoms with Gasteiger partial charge >= 0.3 is 0 Å². The number of benzene rings is 1. The van der Waals surface area contributed by atoms with Gasteiger partial charge in [-0.15, -0.1) is 0 Å². The largest absolute Gasteiger partial charge is 0.368 e. The highest BCUT2D eigenvalue weighted by Crippen LogP contribution is 2.28. The van der Waals surface area contributed by atoms with Crippen LogP contribution in [0.2, 0.25) is 0 Å². The quantitative estimate of drug-likeness (QED) is 0.719. The molecule has 0 aliphatic heterocycles. The summed E-state index contributed by atoms with van der Waals surface area (Å²) in [5.41, 5.74) is 6.13. The van der Waals surface area contributed by atoms with Gasteiger partial charge < -0.3 is 16.4 Å². The molecule has 1 aliphatic rings. The fourth-order valence-electron chi connectivity index (χ4n) is 2.97. The van der Waals surface area contributed by atoms with Crippen LogP contribution in [0.5, 0.6) is 0 Å². The Kier molecular flexibility index (Phi) is 5.36. The van der Waals surface area contributed by atoms with E-state index in [2.05, 4.69) is 10.6 Å². The van der Waals surface area contributed by atoms with Crippen molar-refractivity contribution in [3.05, 3.63) is 29.8 Å². The van der Waals surface area contributed by atoms with E-state index < -0.39 is 23.3 Å². The van der Waals surface area contributed by atoms with Gasteiger partial charge in [0.05, 0.1) is 0 Å². The smallest absolute Gasteiger partial charge is 0.243 e. The van der Waals surface area contributed by atoms with Gasteiger partial charge in [-0.3, -0.25) is 14.4 Å². The van der Waals surface area contributed by atoms with Crippen molar-refractivity contribution in [2.45, 2.75) is 51.0 Å². The Balaban J connectivity index is 1.92. The molecule has 1 fully saturated rings. The average molecular weight is 317 g/mol. The van der Waals surface area contributed by atoms with E-state index in [1.807, 2.05) is 25.1 Å². The Bertz CT molecular complexity index is 607. The maximum absolute atomic E-state index is 12.1. The zero-order valence-corrected chi connectivity index (χ0v) is 13.4. The van der Waals surface area contributed by atoms with Crippen molar-refractivity contribution in [1.29, 1.82) is 0 Å². The molecule has 0 saturated heterocycles. The Labute approximate surface area is 135 Å². The molecule has 2 rings (SSSR count). The number of hydrogen-bond acceptors (Lipinski definition) is 3. The molecule has 1 aromatic carbocycles. The van der Waals surface area contributed by atoms with Crippen molar-refractivity contribution in [3.8, 4) is 0 Å². The minimum atomic E-state index is -1.00. The molecule has 4 N–H and O–H groups in total. The third-order valence-electron chi connectivity index (χ3n) is 4.18. The molecule has 1 aromatic rings. The van der Waals surface area contributed by atoms with Gasteiger partial charge in [0.2, 0.25) is 17.7 Å². The van der Waals surface area contributed by atoms with Crippen LogP contribution in [0.1, 0.15) is 44.1 Å². The number of hydrogen-bond donors (Lipinski definition) is 3. The van der Waals surface area contributed by atoms with Crippen molar-refractivity contribution < 1.29 is 14.4 Å². The Hall–Kier alpha value is -2.37. The number of carbonyl (C=O) groups is 3. The zero-order chi connectivity index (χ0) is 16.9. The number of aryl methyl sites for hydroxylation is 1. The van der Waals surface area contributed by atoms with Crippen LogP contribution in [-0.2, 0) is 14.4 Å². The minimum Gasteiger partial charge on any atom is -0.368 e. The topological polar surface area (TPSA) is 101 Å². The molecule has 23 heavy (non-hydrogen) atoms. The lowest BCUT2D eigenvalue weighted by Crippen LogP contribution is -2.58. The van der Waals surface area contributed by atoms with Crippen LogP contribution in [0.4, 0.5) is 5.69 Å². The number of primary amides is 1. The highest BCUT2D eigenvalue weighted by molar-refractivity contribution is 6.05. The van der Waals surface area contributed by atoms with Crippen molar-refractivity contribution in [2.75, 3.05) is 5.32 Å². The fraction of sp³-hybridized carbons (Fsp3) is 0.471. The molecule has 124 valence electrons. The summed E-state index contributed by atoms with van der Waals surface area (Å²) in [4.78, 5) is 35.8. The first-order valence-electron chi connectivity index (χ1n) is 7.89. The molecule has 6 heteroatoms. The van der Waals surface area contributed by atoms with Crippen molar-refractivity contribution >= 4 is 23.4 Å². The first-order chi connectivity index (χ1) is 10.9. The highest BCUT2D eigenvalue weighted by atomic mass is 16.2. The van der Waals surface area contributed by atoms with E-state index in [-0.39, 0.29) is 6.42 Å². The molecule has 0 heterocycles. The number of rotatable bonds is 5. The fourth-order valence-corrected chi connectivity index (χ4v) is 2.97. The standard InChI is InChI=1S/C17H23N3O3/c1-12-6-5-7-13(10-12)19-14(21)11-15(22)20-17(16(18)23)8-3-2-4-9-17/h5-7,10H,2-4,8-9,11H2,1H3,(H2,18,23)(H,19,21)(H,20,22). The number of amides is 3. The van der Waals surface area contributed by atoms with Crippen molar-refractivity contribution in [1.82, 2.24) is 5.32 Å². The van der Waals surface area contributed by atoms with Crippen LogP contribution in [0.3, 0.4) is 0 Å². The van der Waals surface area contributed by atoms with E-state index in [0.717, 1.165) is 24.8 Å². The predicted molar refractivity (Wildman–Crippen MR) is 87.6 cm³/mol. The van der Waals surface area contributed by atoms with Gasteiger partial charge in [0.25, 0.3) is 0 Å². The van der Waals surface area contributed by atoms with Gasteiger partial charge in [0.15, 0.2) is 0 Å². The Morgan fingerprint density at radius 1 is 1.13 bits per heavy atom. The Morgan fingerprint density at radius 2 is 1.83 bits per heavy atom. The van der Waals surface area contributed by atoms with Gasteiger partial charge in [-0.25, -0.2) is 0 Å². The first kappa shape index (κ1) is 17.0. The van der Waals surface area contributed by atoms with Crippen LogP contribution in [0, 0.1) is 6.92 Å². The van der Waals surface area contributed by atoms with Crippen LogP contribution in [0.25, 0.3) is 0 Å². The molecule has 0 atom stereocenters. The molecule has 0 radical (unpaired) electrons. The number of nitrogens with two attached hydrogens (primary N) is 1. The average Bonchev–Trinajstić information content (AvgIpc) is 2.47. The van der Waals surface area contributed by atoms with Gasteiger partial charge in [-0.2, -0.15) is 0 Å². The summed E-state index contributed by atoms with van der Waals surface area (Å²) >= 11 is 0. The summed E-state index contributed by atoms with van der Waals surface area (Å²) in [7, 11) is 0. The number of carbonyl (C=O) groups excluding carboxylic acids is 3. The maximum atomic E-state index is 12.1. The molecule has 3 amide bonds. The SMILES string of the molecule is Cc1cccc(NC(=O)CC(=O)NC2(C(N)=O)CCCCC2)c1. The highest BCUT2D eigenvalue weighted by Gasteiger charge is 2.39. The normalized spacial score (nSPS) is 16.4. The number of anilines is 1. The minimum absolute atomic E-state index is 0.330. The third-order valence-corrected chi connectivity index (χ3v) is 4.18. The lowest BCUT2D eigenvalue weighted by molar-refractivity contribution is -0.134. The molecule has 0 bridgehead atoms. The van der Waals surface area contributed by atoms with E-state index in [1.54, 1.807) is 6.07 Å². The summed E-state index contributed by atoms with van der Waals surface area (Å²) in [6.07, 6.45) is 3.46. The van der Waals surface area contributed by atoms with E-state index >= 15 is 0 Å². The molecule has 6 nitrogen and oxygen atoms in total. The molecular formula is C17H23N3O3. The predicted octanol–water partition coefficient (Wildman–Crippen LogP) is 1.63. The zero-order valence-electron chi connectivity index (χ0n) is 13.4. The maximum Gasteiger partial charge on any atom is 0.243 e. The van der Waals surface area contributed by atoms with Crippen LogP contribution in [-0.4, -0.2) is 23.3 Å². The van der Waals surface area contributed by atoms with Crippen molar-refractivity contribution in [2.24, 2.45) is 5.73 Å². The van der Waals surface area contributed by atoms with Crippen molar-refractivity contribution in [3.63, 3.8) is 0 Å². The molecular weight excluding hydrogens is 294 g/mol. The third kappa shape index (κ3) is 4.55. The first-order valence-corrected chi connectivity index (χ1v) is 7.89. The number of nitrogens with one attached hydrogen (secondary N) is 2. The Morgan fingerprint density at radius 3 is 2.43 bits per heavy atom. The molecule has 1 saturated carbocycles. The molecule has 0 spiro atoms. The van der Waals surface area contributed by atoms with E-state index in [9.17, 15) is 14.4 Å². The van der Waals surface area contributed by atoms with Crippen LogP contribution >= 0.6 is 0 Å². The second-order valence-electron chi connectivity index (χ2n) is 6.15. The lowest BCUT2D eigenvalue weighted by Gasteiger charge is -2.35. The van der Waals surface area contributed by atoms with E-state index in [0.29, 0.717) is 18.5 Å². The van der Waals surface area contributed by atoms with Gasteiger partial charge in [0, 0.05) is 5.69 Å². The van der Waals surface area contributed by atoms with Gasteiger partial charge in [0.1, 0.15) is 12.0 Å². The summed E-state index contributed by atoms with van der Waals surface area (Å²) in [5.74, 6) is -1.41. The van der Waals surface area contributed by atoms with E-state index in [1.165, 1.54) is 0 Å². The monoisotopic (exact) mass is 317 g/mol. The summed E-state index contributed by atoms with van der Waals surface area (Å²) in [6.45, 7) is 1.92. The summed E-state index contributed by atoms with van der Waals surface area (Å²) < 4.78 is 0. The van der Waals surface area contributed by atoms with Gasteiger partial charge in [-0.1, -0.05) is 31.4 Å². The summed E-state index contributed by atoms with van der Waals surface area (Å²) in [6, 6.07) is 7.33. The van der Waals surface area contributed by atoms with Gasteiger partial charge in [-0.05, 0) is 37.5 Å². The second-order valence-corrected chi connectivity index (χ2v) is 6.15.